The molecule has 0 radical (unpaired) electrons. The zero-order chi connectivity index (χ0) is 18.2. The van der Waals surface area contributed by atoms with Gasteiger partial charge in [-0.15, -0.1) is 0 Å². The third-order valence-corrected chi connectivity index (χ3v) is 4.29. The average molecular weight is 356 g/mol. The minimum absolute atomic E-state index is 0.207. The first-order valence-corrected chi connectivity index (χ1v) is 8.83. The summed E-state index contributed by atoms with van der Waals surface area (Å²) in [7, 11) is 1.64. The molecule has 0 bridgehead atoms. The summed E-state index contributed by atoms with van der Waals surface area (Å²) >= 11 is 0. The Bertz CT molecular complexity index is 715. The van der Waals surface area contributed by atoms with Crippen LogP contribution in [0.15, 0.2) is 36.7 Å². The van der Waals surface area contributed by atoms with Crippen molar-refractivity contribution >= 4 is 11.7 Å². The molecule has 138 valence electrons. The van der Waals surface area contributed by atoms with E-state index < -0.39 is 0 Å². The first-order valence-electron chi connectivity index (χ1n) is 8.83. The van der Waals surface area contributed by atoms with Crippen molar-refractivity contribution in [2.24, 2.45) is 0 Å². The van der Waals surface area contributed by atoms with Gasteiger partial charge < -0.3 is 20.1 Å². The van der Waals surface area contributed by atoms with Crippen LogP contribution in [0.3, 0.4) is 0 Å². The molecule has 1 amide bonds. The molecule has 1 aliphatic rings. The fraction of sp³-hybridized carbons (Fsp3) is 0.421. The zero-order valence-electron chi connectivity index (χ0n) is 14.9. The predicted octanol–water partition coefficient (Wildman–Crippen LogP) is 2.05. The molecule has 1 aromatic heterocycles. The van der Waals surface area contributed by atoms with Gasteiger partial charge in [-0.25, -0.2) is 9.97 Å². The summed E-state index contributed by atoms with van der Waals surface area (Å²) in [5.41, 5.74) is 1.48. The van der Waals surface area contributed by atoms with Crippen molar-refractivity contribution in [1.82, 2.24) is 15.3 Å². The number of hydrogen-bond donors (Lipinski definition) is 2. The van der Waals surface area contributed by atoms with Gasteiger partial charge in [0.1, 0.15) is 23.6 Å². The Kier molecular flexibility index (Phi) is 6.38. The van der Waals surface area contributed by atoms with E-state index in [1.807, 2.05) is 24.3 Å². The molecule has 0 aliphatic carbocycles. The first kappa shape index (κ1) is 18.1. The zero-order valence-corrected chi connectivity index (χ0v) is 14.9. The van der Waals surface area contributed by atoms with E-state index in [1.165, 1.54) is 6.33 Å². The minimum Gasteiger partial charge on any atom is -0.497 e. The van der Waals surface area contributed by atoms with Crippen molar-refractivity contribution in [1.29, 1.82) is 0 Å². The summed E-state index contributed by atoms with van der Waals surface area (Å²) in [6.45, 7) is 2.04. The van der Waals surface area contributed by atoms with E-state index in [0.29, 0.717) is 24.6 Å². The maximum atomic E-state index is 12.3. The van der Waals surface area contributed by atoms with Gasteiger partial charge in [0, 0.05) is 25.8 Å². The molecule has 2 aromatic rings. The monoisotopic (exact) mass is 356 g/mol. The molecule has 3 rings (SSSR count). The number of benzene rings is 1. The summed E-state index contributed by atoms with van der Waals surface area (Å²) < 4.78 is 10.7. The van der Waals surface area contributed by atoms with Crippen LogP contribution < -0.4 is 15.4 Å². The lowest BCUT2D eigenvalue weighted by Gasteiger charge is -2.11. The van der Waals surface area contributed by atoms with E-state index in [-0.39, 0.29) is 12.0 Å². The number of hydrogen-bond acceptors (Lipinski definition) is 6. The molecule has 0 spiro atoms. The smallest absolute Gasteiger partial charge is 0.270 e. The maximum absolute atomic E-state index is 12.3. The summed E-state index contributed by atoms with van der Waals surface area (Å²) in [5, 5.41) is 6.09. The highest BCUT2D eigenvalue weighted by Gasteiger charge is 2.15. The van der Waals surface area contributed by atoms with Crippen LogP contribution in [0.25, 0.3) is 0 Å². The van der Waals surface area contributed by atoms with E-state index in [4.69, 9.17) is 9.47 Å². The standard InChI is InChI=1S/C19H24N4O3/c1-25-15-6-4-14(5-7-15)8-9-20-19(24)17-11-18(23-13-22-17)21-12-16-3-2-10-26-16/h4-7,11,13,16H,2-3,8-10,12H2,1H3,(H,20,24)(H,21,22,23). The molecule has 1 unspecified atom stereocenters. The molecule has 7 heteroatoms. The molecule has 1 aromatic carbocycles. The molecular formula is C19H24N4O3. The van der Waals surface area contributed by atoms with E-state index in [2.05, 4.69) is 20.6 Å². The molecule has 1 fully saturated rings. The van der Waals surface area contributed by atoms with Gasteiger partial charge in [0.05, 0.1) is 13.2 Å². The van der Waals surface area contributed by atoms with E-state index in [0.717, 1.165) is 37.2 Å². The van der Waals surface area contributed by atoms with Gasteiger partial charge in [-0.1, -0.05) is 12.1 Å². The van der Waals surface area contributed by atoms with Crippen molar-refractivity contribution in [3.8, 4) is 5.75 Å². The molecule has 0 saturated carbocycles. The van der Waals surface area contributed by atoms with Gasteiger partial charge in [0.2, 0.25) is 0 Å². The third-order valence-electron chi connectivity index (χ3n) is 4.29. The minimum atomic E-state index is -0.207. The summed E-state index contributed by atoms with van der Waals surface area (Å²) in [5.74, 6) is 1.25. The highest BCUT2D eigenvalue weighted by atomic mass is 16.5. The van der Waals surface area contributed by atoms with E-state index in [1.54, 1.807) is 13.2 Å². The normalized spacial score (nSPS) is 16.3. The Morgan fingerprint density at radius 3 is 2.88 bits per heavy atom. The molecular weight excluding hydrogens is 332 g/mol. The SMILES string of the molecule is COc1ccc(CCNC(=O)c2cc(NCC3CCCO3)ncn2)cc1. The Balaban J connectivity index is 1.46. The lowest BCUT2D eigenvalue weighted by molar-refractivity contribution is 0.0949. The highest BCUT2D eigenvalue weighted by molar-refractivity contribution is 5.92. The Labute approximate surface area is 153 Å². The largest absolute Gasteiger partial charge is 0.497 e. The Hall–Kier alpha value is -2.67. The van der Waals surface area contributed by atoms with Gasteiger partial charge >= 0.3 is 0 Å². The van der Waals surface area contributed by atoms with Gasteiger partial charge in [0.15, 0.2) is 0 Å². The Morgan fingerprint density at radius 2 is 2.15 bits per heavy atom. The third kappa shape index (κ3) is 5.16. The second-order valence-corrected chi connectivity index (χ2v) is 6.16. The average Bonchev–Trinajstić information content (AvgIpc) is 3.21. The number of carbonyl (C=O) groups excluding carboxylic acids is 1. The number of rotatable bonds is 8. The summed E-state index contributed by atoms with van der Waals surface area (Å²) in [4.78, 5) is 20.5. The van der Waals surface area contributed by atoms with Crippen molar-refractivity contribution in [2.75, 3.05) is 32.1 Å². The lowest BCUT2D eigenvalue weighted by atomic mass is 10.1. The van der Waals surface area contributed by atoms with Crippen LogP contribution in [-0.2, 0) is 11.2 Å². The van der Waals surface area contributed by atoms with Gasteiger partial charge in [-0.3, -0.25) is 4.79 Å². The first-order chi connectivity index (χ1) is 12.7. The van der Waals surface area contributed by atoms with Crippen LogP contribution in [0.4, 0.5) is 5.82 Å². The topological polar surface area (TPSA) is 85.4 Å². The van der Waals surface area contributed by atoms with Gasteiger partial charge in [0.25, 0.3) is 5.91 Å². The van der Waals surface area contributed by atoms with E-state index in [9.17, 15) is 4.79 Å². The molecule has 1 aliphatic heterocycles. The highest BCUT2D eigenvalue weighted by Crippen LogP contribution is 2.13. The van der Waals surface area contributed by atoms with Crippen LogP contribution in [0.2, 0.25) is 0 Å². The van der Waals surface area contributed by atoms with Crippen LogP contribution >= 0.6 is 0 Å². The van der Waals surface area contributed by atoms with Gasteiger partial charge in [-0.05, 0) is 37.0 Å². The number of aromatic nitrogens is 2. The number of nitrogens with one attached hydrogen (secondary N) is 2. The quantitative estimate of drug-likeness (QED) is 0.753. The maximum Gasteiger partial charge on any atom is 0.270 e. The van der Waals surface area contributed by atoms with Crippen molar-refractivity contribution < 1.29 is 14.3 Å². The van der Waals surface area contributed by atoms with Crippen LogP contribution in [0, 0.1) is 0 Å². The second-order valence-electron chi connectivity index (χ2n) is 6.16. The summed E-state index contributed by atoms with van der Waals surface area (Å²) in [6, 6.07) is 9.46. The molecule has 2 heterocycles. The van der Waals surface area contributed by atoms with Crippen LogP contribution in [0.1, 0.15) is 28.9 Å². The lowest BCUT2D eigenvalue weighted by Crippen LogP contribution is -2.27. The predicted molar refractivity (Wildman–Crippen MR) is 98.5 cm³/mol. The van der Waals surface area contributed by atoms with Crippen molar-refractivity contribution in [3.05, 3.63) is 47.9 Å². The van der Waals surface area contributed by atoms with Crippen LogP contribution in [-0.4, -0.2) is 48.8 Å². The number of methoxy groups -OCH3 is 1. The van der Waals surface area contributed by atoms with Crippen molar-refractivity contribution in [3.63, 3.8) is 0 Å². The molecule has 7 nitrogen and oxygen atoms in total. The number of ether oxygens (including phenoxy) is 2. The summed E-state index contributed by atoms with van der Waals surface area (Å²) in [6.07, 6.45) is 4.50. The number of nitrogens with zero attached hydrogens (tertiary/aromatic N) is 2. The van der Waals surface area contributed by atoms with Crippen LogP contribution in [0.5, 0.6) is 5.75 Å². The fourth-order valence-corrected chi connectivity index (χ4v) is 2.81. The fourth-order valence-electron chi connectivity index (χ4n) is 2.81. The van der Waals surface area contributed by atoms with Crippen molar-refractivity contribution in [2.45, 2.75) is 25.4 Å². The molecule has 26 heavy (non-hydrogen) atoms. The number of amides is 1. The Morgan fingerprint density at radius 1 is 1.31 bits per heavy atom. The van der Waals surface area contributed by atoms with Gasteiger partial charge in [-0.2, -0.15) is 0 Å². The second kappa shape index (κ2) is 9.15. The number of carbonyl (C=O) groups is 1. The number of anilines is 1. The molecule has 1 atom stereocenters. The molecule has 2 N–H and O–H groups in total. The molecule has 1 saturated heterocycles. The van der Waals surface area contributed by atoms with E-state index >= 15 is 0 Å².